The molecule has 1 aromatic carbocycles. The molecular formula is C18H20N4O2. The predicted octanol–water partition coefficient (Wildman–Crippen LogP) is 2.75. The van der Waals surface area contributed by atoms with Gasteiger partial charge in [-0.3, -0.25) is 0 Å². The van der Waals surface area contributed by atoms with Crippen molar-refractivity contribution in [1.29, 1.82) is 0 Å². The predicted molar refractivity (Wildman–Crippen MR) is 90.5 cm³/mol. The number of methoxy groups -OCH3 is 1. The van der Waals surface area contributed by atoms with Crippen LogP contribution in [0.25, 0.3) is 23.0 Å². The van der Waals surface area contributed by atoms with Crippen molar-refractivity contribution in [3.8, 4) is 23.0 Å². The van der Waals surface area contributed by atoms with E-state index in [1.807, 2.05) is 36.5 Å². The molecule has 124 valence electrons. The summed E-state index contributed by atoms with van der Waals surface area (Å²) in [5.41, 5.74) is 1.69. The van der Waals surface area contributed by atoms with Gasteiger partial charge in [-0.15, -0.1) is 0 Å². The minimum absolute atomic E-state index is 0.166. The lowest BCUT2D eigenvalue weighted by Crippen LogP contribution is -2.42. The Morgan fingerprint density at radius 1 is 1.29 bits per heavy atom. The van der Waals surface area contributed by atoms with Crippen LogP contribution in [0.1, 0.15) is 12.5 Å². The number of nitrogens with zero attached hydrogens (tertiary/aromatic N) is 3. The van der Waals surface area contributed by atoms with Gasteiger partial charge < -0.3 is 19.0 Å². The molecule has 2 atom stereocenters. The topological polar surface area (TPSA) is 65.1 Å². The number of benzene rings is 1. The number of hydrogen-bond donors (Lipinski definition) is 1. The number of nitrogens with one attached hydrogen (secondary N) is 1. The van der Waals surface area contributed by atoms with Gasteiger partial charge in [0, 0.05) is 31.6 Å². The Kier molecular flexibility index (Phi) is 4.15. The average molecular weight is 324 g/mol. The molecule has 24 heavy (non-hydrogen) atoms. The third-order valence-corrected chi connectivity index (χ3v) is 4.47. The molecule has 1 saturated heterocycles. The molecule has 0 unspecified atom stereocenters. The van der Waals surface area contributed by atoms with Crippen LogP contribution in [0.5, 0.6) is 0 Å². The van der Waals surface area contributed by atoms with E-state index >= 15 is 0 Å². The van der Waals surface area contributed by atoms with Gasteiger partial charge in [-0.25, -0.2) is 9.97 Å². The second-order valence-electron chi connectivity index (χ2n) is 5.90. The van der Waals surface area contributed by atoms with E-state index in [0.717, 1.165) is 36.6 Å². The largest absolute Gasteiger partial charge is 0.444 e. The van der Waals surface area contributed by atoms with E-state index in [4.69, 9.17) is 9.15 Å². The first kappa shape index (κ1) is 15.1. The zero-order valence-corrected chi connectivity index (χ0v) is 13.6. The monoisotopic (exact) mass is 324 g/mol. The lowest BCUT2D eigenvalue weighted by molar-refractivity contribution is 0.0365. The van der Waals surface area contributed by atoms with Crippen LogP contribution < -0.4 is 5.32 Å². The first-order valence-corrected chi connectivity index (χ1v) is 8.14. The lowest BCUT2D eigenvalue weighted by atomic mass is 10.0. The molecule has 1 aliphatic rings. The van der Waals surface area contributed by atoms with Crippen molar-refractivity contribution < 1.29 is 9.15 Å². The van der Waals surface area contributed by atoms with Gasteiger partial charge in [0.25, 0.3) is 0 Å². The number of piperidine rings is 1. The van der Waals surface area contributed by atoms with E-state index in [1.54, 1.807) is 19.6 Å². The molecule has 0 spiro atoms. The number of oxazole rings is 1. The van der Waals surface area contributed by atoms with Crippen LogP contribution in [0.15, 0.2) is 53.4 Å². The Morgan fingerprint density at radius 2 is 2.17 bits per heavy atom. The first-order valence-electron chi connectivity index (χ1n) is 8.14. The maximum atomic E-state index is 5.66. The summed E-state index contributed by atoms with van der Waals surface area (Å²) in [7, 11) is 1.77. The molecule has 0 radical (unpaired) electrons. The molecule has 1 fully saturated rings. The molecule has 3 heterocycles. The molecule has 3 aromatic rings. The van der Waals surface area contributed by atoms with Gasteiger partial charge >= 0.3 is 0 Å². The van der Waals surface area contributed by atoms with E-state index in [-0.39, 0.29) is 12.1 Å². The van der Waals surface area contributed by atoms with Crippen molar-refractivity contribution in [3.63, 3.8) is 0 Å². The van der Waals surface area contributed by atoms with E-state index in [1.165, 1.54) is 0 Å². The number of aromatic nitrogens is 3. The van der Waals surface area contributed by atoms with Gasteiger partial charge in [0.2, 0.25) is 5.89 Å². The van der Waals surface area contributed by atoms with E-state index in [9.17, 15) is 0 Å². The Morgan fingerprint density at radius 3 is 3.00 bits per heavy atom. The van der Waals surface area contributed by atoms with Crippen LogP contribution in [0.2, 0.25) is 0 Å². The van der Waals surface area contributed by atoms with E-state index < -0.39 is 0 Å². The molecule has 6 nitrogen and oxygen atoms in total. The van der Waals surface area contributed by atoms with Gasteiger partial charge in [-0.2, -0.15) is 0 Å². The second-order valence-corrected chi connectivity index (χ2v) is 5.90. The summed E-state index contributed by atoms with van der Waals surface area (Å²) >= 11 is 0. The molecule has 0 bridgehead atoms. The highest BCUT2D eigenvalue weighted by Crippen LogP contribution is 2.28. The Bertz CT molecular complexity index is 796. The molecule has 6 heteroatoms. The molecule has 1 N–H and O–H groups in total. The zero-order valence-electron chi connectivity index (χ0n) is 13.6. The number of hydrogen-bond acceptors (Lipinski definition) is 5. The van der Waals surface area contributed by atoms with Crippen molar-refractivity contribution in [2.45, 2.75) is 18.6 Å². The maximum absolute atomic E-state index is 5.66. The van der Waals surface area contributed by atoms with Crippen LogP contribution >= 0.6 is 0 Å². The number of ether oxygens (including phenoxy) is 1. The van der Waals surface area contributed by atoms with Crippen LogP contribution in [0, 0.1) is 0 Å². The SMILES string of the molecule is CO[C@@H]1CCNC[C@@H]1n1ccnc1-c1coc(-c2ccccc2)n1. The summed E-state index contributed by atoms with van der Waals surface area (Å²) in [5.74, 6) is 1.40. The highest BCUT2D eigenvalue weighted by molar-refractivity contribution is 5.58. The Hall–Kier alpha value is -2.44. The summed E-state index contributed by atoms with van der Waals surface area (Å²) in [5, 5.41) is 3.42. The maximum Gasteiger partial charge on any atom is 0.226 e. The normalized spacial score (nSPS) is 21.0. The molecule has 0 amide bonds. The highest BCUT2D eigenvalue weighted by atomic mass is 16.5. The van der Waals surface area contributed by atoms with E-state index in [0.29, 0.717) is 5.89 Å². The molecule has 4 rings (SSSR count). The lowest BCUT2D eigenvalue weighted by Gasteiger charge is -2.32. The van der Waals surface area contributed by atoms with Crippen molar-refractivity contribution in [1.82, 2.24) is 19.9 Å². The molecule has 0 aliphatic carbocycles. The van der Waals surface area contributed by atoms with Gasteiger partial charge in [0.15, 0.2) is 5.82 Å². The fourth-order valence-electron chi connectivity index (χ4n) is 3.24. The van der Waals surface area contributed by atoms with Gasteiger partial charge in [-0.05, 0) is 25.1 Å². The van der Waals surface area contributed by atoms with Crippen LogP contribution in [0.4, 0.5) is 0 Å². The fraction of sp³-hybridized carbons (Fsp3) is 0.333. The quantitative estimate of drug-likeness (QED) is 0.799. The Labute approximate surface area is 140 Å². The summed E-state index contributed by atoms with van der Waals surface area (Å²) in [6.45, 7) is 1.83. The van der Waals surface area contributed by atoms with Crippen LogP contribution in [-0.4, -0.2) is 40.8 Å². The van der Waals surface area contributed by atoms with Crippen molar-refractivity contribution in [3.05, 3.63) is 49.0 Å². The Balaban J connectivity index is 1.67. The first-order chi connectivity index (χ1) is 11.9. The van der Waals surface area contributed by atoms with Crippen LogP contribution in [0.3, 0.4) is 0 Å². The summed E-state index contributed by atoms with van der Waals surface area (Å²) in [4.78, 5) is 9.11. The molecule has 1 aliphatic heterocycles. The minimum atomic E-state index is 0.166. The third kappa shape index (κ3) is 2.74. The van der Waals surface area contributed by atoms with Gasteiger partial charge in [0.1, 0.15) is 12.0 Å². The standard InChI is InChI=1S/C18H20N4O2/c1-23-16-7-8-19-11-15(16)22-10-9-20-17(22)14-12-24-18(21-14)13-5-3-2-4-6-13/h2-6,9-10,12,15-16,19H,7-8,11H2,1H3/t15-,16+/m0/s1. The van der Waals surface area contributed by atoms with E-state index in [2.05, 4.69) is 19.9 Å². The average Bonchev–Trinajstić information content (AvgIpc) is 3.31. The number of imidazole rings is 1. The van der Waals surface area contributed by atoms with Crippen LogP contribution in [-0.2, 0) is 4.74 Å². The van der Waals surface area contributed by atoms with Gasteiger partial charge in [0.05, 0.1) is 12.1 Å². The second kappa shape index (κ2) is 6.59. The molecule has 2 aromatic heterocycles. The number of rotatable bonds is 4. The minimum Gasteiger partial charge on any atom is -0.444 e. The van der Waals surface area contributed by atoms with Crippen molar-refractivity contribution in [2.75, 3.05) is 20.2 Å². The highest BCUT2D eigenvalue weighted by Gasteiger charge is 2.28. The third-order valence-electron chi connectivity index (χ3n) is 4.47. The molecule has 0 saturated carbocycles. The fourth-order valence-corrected chi connectivity index (χ4v) is 3.24. The summed E-state index contributed by atoms with van der Waals surface area (Å²) in [6.07, 6.45) is 6.59. The summed E-state index contributed by atoms with van der Waals surface area (Å²) in [6, 6.07) is 10.1. The van der Waals surface area contributed by atoms with Crippen molar-refractivity contribution in [2.24, 2.45) is 0 Å². The van der Waals surface area contributed by atoms with Crippen molar-refractivity contribution >= 4 is 0 Å². The van der Waals surface area contributed by atoms with Gasteiger partial charge in [-0.1, -0.05) is 18.2 Å². The zero-order chi connectivity index (χ0) is 16.4. The molecular weight excluding hydrogens is 304 g/mol. The summed E-state index contributed by atoms with van der Waals surface area (Å²) < 4.78 is 13.5. The smallest absolute Gasteiger partial charge is 0.226 e.